The first-order chi connectivity index (χ1) is 5.27. The lowest BCUT2D eigenvalue weighted by Crippen LogP contribution is -2.48. The highest BCUT2D eigenvalue weighted by Crippen LogP contribution is 2.33. The van der Waals surface area contributed by atoms with Crippen molar-refractivity contribution in [3.8, 4) is 0 Å². The lowest BCUT2D eigenvalue weighted by atomic mass is 9.96. The van der Waals surface area contributed by atoms with Crippen LogP contribution in [0.5, 0.6) is 0 Å². The van der Waals surface area contributed by atoms with E-state index in [-0.39, 0.29) is 12.2 Å². The minimum absolute atomic E-state index is 0.207. The van der Waals surface area contributed by atoms with Crippen LogP contribution in [-0.4, -0.2) is 18.2 Å². The number of nitrogens with one attached hydrogen (secondary N) is 1. The summed E-state index contributed by atoms with van der Waals surface area (Å²) in [6, 6.07) is 0.309. The fraction of sp³-hybridized carbons (Fsp3) is 0.875. The standard InChI is InChI=1S/C8H13NO2/c1-5-6-3-2-4-7(6)11-8(10)9-5/h5-7H,2-4H2,1H3,(H,9,10)/t5-,6-,7+/m1/s1. The Morgan fingerprint density at radius 2 is 2.36 bits per heavy atom. The highest BCUT2D eigenvalue weighted by atomic mass is 16.6. The Balaban J connectivity index is 2.10. The van der Waals surface area contributed by atoms with Crippen LogP contribution in [0.2, 0.25) is 0 Å². The third-order valence-electron chi connectivity index (χ3n) is 2.75. The summed E-state index contributed by atoms with van der Waals surface area (Å²) >= 11 is 0. The van der Waals surface area contributed by atoms with Gasteiger partial charge in [-0.05, 0) is 26.2 Å². The molecule has 3 heteroatoms. The molecule has 11 heavy (non-hydrogen) atoms. The molecule has 1 aliphatic carbocycles. The van der Waals surface area contributed by atoms with E-state index in [0.717, 1.165) is 6.42 Å². The molecule has 1 saturated heterocycles. The predicted octanol–water partition coefficient (Wildman–Crippen LogP) is 1.28. The second-order valence-electron chi connectivity index (χ2n) is 3.47. The summed E-state index contributed by atoms with van der Waals surface area (Å²) < 4.78 is 5.13. The Labute approximate surface area is 66.1 Å². The molecule has 0 aromatic rings. The van der Waals surface area contributed by atoms with Gasteiger partial charge in [-0.2, -0.15) is 0 Å². The van der Waals surface area contributed by atoms with Gasteiger partial charge in [-0.3, -0.25) is 0 Å². The molecule has 0 bridgehead atoms. The Kier molecular flexibility index (Phi) is 1.51. The van der Waals surface area contributed by atoms with Gasteiger partial charge in [0.2, 0.25) is 0 Å². The highest BCUT2D eigenvalue weighted by molar-refractivity contribution is 5.68. The van der Waals surface area contributed by atoms with Crippen LogP contribution < -0.4 is 5.32 Å². The van der Waals surface area contributed by atoms with Crippen molar-refractivity contribution < 1.29 is 9.53 Å². The topological polar surface area (TPSA) is 38.3 Å². The van der Waals surface area contributed by atoms with E-state index in [9.17, 15) is 4.79 Å². The molecule has 3 atom stereocenters. The zero-order chi connectivity index (χ0) is 7.84. The van der Waals surface area contributed by atoms with Crippen LogP contribution in [0.1, 0.15) is 26.2 Å². The van der Waals surface area contributed by atoms with E-state index in [2.05, 4.69) is 12.2 Å². The average molecular weight is 155 g/mol. The van der Waals surface area contributed by atoms with E-state index in [4.69, 9.17) is 4.74 Å². The number of hydrogen-bond donors (Lipinski definition) is 1. The van der Waals surface area contributed by atoms with E-state index >= 15 is 0 Å². The van der Waals surface area contributed by atoms with E-state index < -0.39 is 0 Å². The van der Waals surface area contributed by atoms with Crippen molar-refractivity contribution in [1.29, 1.82) is 0 Å². The summed E-state index contributed by atoms with van der Waals surface area (Å²) in [7, 11) is 0. The molecule has 1 amide bonds. The van der Waals surface area contributed by atoms with Crippen LogP contribution in [0.4, 0.5) is 4.79 Å². The first-order valence-corrected chi connectivity index (χ1v) is 4.24. The molecule has 0 radical (unpaired) electrons. The van der Waals surface area contributed by atoms with Crippen molar-refractivity contribution in [2.75, 3.05) is 0 Å². The maximum atomic E-state index is 10.9. The van der Waals surface area contributed by atoms with E-state index in [0.29, 0.717) is 12.0 Å². The smallest absolute Gasteiger partial charge is 0.407 e. The number of carbonyl (C=O) groups is 1. The Hall–Kier alpha value is -0.730. The summed E-state index contributed by atoms with van der Waals surface area (Å²) in [5.41, 5.74) is 0. The molecule has 1 saturated carbocycles. The van der Waals surface area contributed by atoms with Gasteiger partial charge >= 0.3 is 6.09 Å². The maximum absolute atomic E-state index is 10.9. The second-order valence-corrected chi connectivity index (χ2v) is 3.47. The molecule has 2 rings (SSSR count). The van der Waals surface area contributed by atoms with E-state index in [1.807, 2.05) is 0 Å². The zero-order valence-electron chi connectivity index (χ0n) is 6.67. The number of ether oxygens (including phenoxy) is 1. The Bertz CT molecular complexity index is 181. The van der Waals surface area contributed by atoms with Crippen molar-refractivity contribution in [3.63, 3.8) is 0 Å². The average Bonchev–Trinajstić information content (AvgIpc) is 2.34. The van der Waals surface area contributed by atoms with Gasteiger partial charge in [-0.15, -0.1) is 0 Å². The SMILES string of the molecule is C[C@H]1NC(=O)O[C@H]2CCC[C@@H]21. The van der Waals surface area contributed by atoms with E-state index in [1.165, 1.54) is 12.8 Å². The molecule has 0 aromatic heterocycles. The van der Waals surface area contributed by atoms with Crippen LogP contribution in [0, 0.1) is 5.92 Å². The largest absolute Gasteiger partial charge is 0.446 e. The van der Waals surface area contributed by atoms with Crippen LogP contribution in [0.3, 0.4) is 0 Å². The molecule has 3 nitrogen and oxygen atoms in total. The van der Waals surface area contributed by atoms with Crippen LogP contribution in [0.15, 0.2) is 0 Å². The molecular formula is C8H13NO2. The Morgan fingerprint density at radius 1 is 1.55 bits per heavy atom. The minimum atomic E-state index is -0.236. The molecule has 0 aromatic carbocycles. The fourth-order valence-corrected chi connectivity index (χ4v) is 2.14. The van der Waals surface area contributed by atoms with Gasteiger partial charge in [0, 0.05) is 12.0 Å². The van der Waals surface area contributed by atoms with Crippen molar-refractivity contribution in [2.24, 2.45) is 5.92 Å². The normalized spacial score (nSPS) is 42.6. The third kappa shape index (κ3) is 1.08. The summed E-state index contributed by atoms with van der Waals surface area (Å²) in [6.45, 7) is 2.06. The molecule has 2 aliphatic rings. The molecule has 0 unspecified atom stereocenters. The van der Waals surface area contributed by atoms with Gasteiger partial charge in [0.25, 0.3) is 0 Å². The predicted molar refractivity (Wildman–Crippen MR) is 40.2 cm³/mol. The monoisotopic (exact) mass is 155 g/mol. The van der Waals surface area contributed by atoms with Gasteiger partial charge in [0.1, 0.15) is 6.10 Å². The van der Waals surface area contributed by atoms with Gasteiger partial charge in [0.15, 0.2) is 0 Å². The number of amides is 1. The minimum Gasteiger partial charge on any atom is -0.446 e. The highest BCUT2D eigenvalue weighted by Gasteiger charge is 2.38. The number of fused-ring (bicyclic) bond motifs is 1. The first kappa shape index (κ1) is 6.95. The number of carbonyl (C=O) groups excluding carboxylic acids is 1. The van der Waals surface area contributed by atoms with E-state index in [1.54, 1.807) is 0 Å². The quantitative estimate of drug-likeness (QED) is 0.572. The molecule has 1 heterocycles. The second kappa shape index (κ2) is 2.40. The van der Waals surface area contributed by atoms with Gasteiger partial charge in [0.05, 0.1) is 0 Å². The van der Waals surface area contributed by atoms with Gasteiger partial charge < -0.3 is 10.1 Å². The zero-order valence-corrected chi connectivity index (χ0v) is 6.67. The number of hydrogen-bond acceptors (Lipinski definition) is 2. The van der Waals surface area contributed by atoms with Crippen LogP contribution in [0.25, 0.3) is 0 Å². The Morgan fingerprint density at radius 3 is 3.18 bits per heavy atom. The van der Waals surface area contributed by atoms with Gasteiger partial charge in [-0.1, -0.05) is 0 Å². The molecular weight excluding hydrogens is 142 g/mol. The maximum Gasteiger partial charge on any atom is 0.407 e. The van der Waals surface area contributed by atoms with Crippen molar-refractivity contribution >= 4 is 6.09 Å². The molecule has 0 spiro atoms. The first-order valence-electron chi connectivity index (χ1n) is 4.24. The number of alkyl carbamates (subject to hydrolysis) is 1. The van der Waals surface area contributed by atoms with Gasteiger partial charge in [-0.25, -0.2) is 4.79 Å². The van der Waals surface area contributed by atoms with Crippen LogP contribution in [-0.2, 0) is 4.74 Å². The lowest BCUT2D eigenvalue weighted by Gasteiger charge is -2.31. The third-order valence-corrected chi connectivity index (χ3v) is 2.75. The lowest BCUT2D eigenvalue weighted by molar-refractivity contribution is 0.0356. The summed E-state index contributed by atoms with van der Waals surface area (Å²) in [5.74, 6) is 0.563. The summed E-state index contributed by atoms with van der Waals surface area (Å²) in [5, 5.41) is 2.79. The fourth-order valence-electron chi connectivity index (χ4n) is 2.14. The molecule has 1 N–H and O–H groups in total. The molecule has 62 valence electrons. The summed E-state index contributed by atoms with van der Waals surface area (Å²) in [6.07, 6.45) is 3.43. The number of rotatable bonds is 0. The van der Waals surface area contributed by atoms with Crippen LogP contribution >= 0.6 is 0 Å². The van der Waals surface area contributed by atoms with Crippen molar-refractivity contribution in [1.82, 2.24) is 5.32 Å². The summed E-state index contributed by atoms with van der Waals surface area (Å²) in [4.78, 5) is 10.9. The van der Waals surface area contributed by atoms with Crippen molar-refractivity contribution in [2.45, 2.75) is 38.3 Å². The van der Waals surface area contributed by atoms with Crippen molar-refractivity contribution in [3.05, 3.63) is 0 Å². The molecule has 2 fully saturated rings. The molecule has 1 aliphatic heterocycles.